The Labute approximate surface area is 196 Å². The lowest BCUT2D eigenvalue weighted by atomic mass is 9.74. The summed E-state index contributed by atoms with van der Waals surface area (Å²) in [5.74, 6) is -4.43. The number of rotatable bonds is 5. The maximum Gasteiger partial charge on any atom is 0.239 e. The van der Waals surface area contributed by atoms with E-state index in [1.54, 1.807) is 14.0 Å². The first kappa shape index (κ1) is 25.2. The van der Waals surface area contributed by atoms with Crippen molar-refractivity contribution in [2.45, 2.75) is 87.8 Å². The van der Waals surface area contributed by atoms with Crippen molar-refractivity contribution in [3.05, 3.63) is 23.8 Å². The van der Waals surface area contributed by atoms with Gasteiger partial charge in [0, 0.05) is 12.0 Å². The molecule has 10 atom stereocenters. The number of ether oxygens (including phenoxy) is 3. The quantitative estimate of drug-likeness (QED) is 0.302. The molecule has 12 heteroatoms. The zero-order valence-electron chi connectivity index (χ0n) is 19.2. The number of aliphatic hydroxyl groups excluding tert-OH is 2. The highest BCUT2D eigenvalue weighted by atomic mass is 19.1. The molecule has 2 aliphatic heterocycles. The van der Waals surface area contributed by atoms with Crippen LogP contribution in [0.4, 0.5) is 4.39 Å². The first-order chi connectivity index (χ1) is 16.1. The van der Waals surface area contributed by atoms with Crippen LogP contribution >= 0.6 is 0 Å². The fourth-order valence-corrected chi connectivity index (χ4v) is 5.22. The summed E-state index contributed by atoms with van der Waals surface area (Å²) in [6, 6.07) is -0.797. The van der Waals surface area contributed by atoms with Crippen molar-refractivity contribution in [1.29, 1.82) is 0 Å². The summed E-state index contributed by atoms with van der Waals surface area (Å²) in [4.78, 5) is 16.4. The minimum absolute atomic E-state index is 0.165. The van der Waals surface area contributed by atoms with Gasteiger partial charge in [0.2, 0.25) is 18.0 Å². The molecule has 0 spiro atoms. The molecule has 3 fully saturated rings. The van der Waals surface area contributed by atoms with Crippen LogP contribution in [0.1, 0.15) is 32.4 Å². The van der Waals surface area contributed by atoms with Gasteiger partial charge < -0.3 is 45.3 Å². The molecular formula is C22H32FN3O8. The minimum Gasteiger partial charge on any atom is -0.506 e. The topological polar surface area (TPSA) is 163 Å². The van der Waals surface area contributed by atoms with Crippen LogP contribution in [0.2, 0.25) is 0 Å². The molecule has 0 unspecified atom stereocenters. The van der Waals surface area contributed by atoms with Crippen LogP contribution in [-0.2, 0) is 25.4 Å². The number of aromatic hydroxyl groups is 1. The smallest absolute Gasteiger partial charge is 0.239 e. The Kier molecular flexibility index (Phi) is 7.11. The lowest BCUT2D eigenvalue weighted by Crippen LogP contribution is -2.77. The lowest BCUT2D eigenvalue weighted by Gasteiger charge is -2.58. The number of nitrogens with zero attached hydrogens (tertiary/aromatic N) is 1. The van der Waals surface area contributed by atoms with Crippen molar-refractivity contribution >= 4 is 5.91 Å². The van der Waals surface area contributed by atoms with E-state index in [9.17, 15) is 29.6 Å². The maximum atomic E-state index is 14.0. The van der Waals surface area contributed by atoms with Crippen molar-refractivity contribution in [2.75, 3.05) is 7.05 Å². The number of nitrogens with one attached hydrogen (secondary N) is 2. The Morgan fingerprint density at radius 2 is 2.03 bits per heavy atom. The van der Waals surface area contributed by atoms with Crippen molar-refractivity contribution in [3.63, 3.8) is 0 Å². The van der Waals surface area contributed by atoms with Crippen molar-refractivity contribution in [2.24, 2.45) is 5.92 Å². The van der Waals surface area contributed by atoms with E-state index in [-0.39, 0.29) is 17.9 Å². The predicted molar refractivity (Wildman–Crippen MR) is 114 cm³/mol. The number of hydrogen-bond donors (Lipinski definition) is 6. The van der Waals surface area contributed by atoms with Gasteiger partial charge in [-0.15, -0.1) is 0 Å². The number of amides is 1. The summed E-state index contributed by atoms with van der Waals surface area (Å²) in [6.07, 6.45) is -4.33. The predicted octanol–water partition coefficient (Wildman–Crippen LogP) is -1.09. The number of aromatic nitrogens is 1. The Bertz CT molecular complexity index is 909. The Balaban J connectivity index is 1.56. The number of carbonyl (C=O) groups excluding carboxylic acids is 1. The molecular weight excluding hydrogens is 453 g/mol. The number of hydrogen-bond acceptors (Lipinski definition) is 10. The van der Waals surface area contributed by atoms with Gasteiger partial charge in [0.05, 0.1) is 48.7 Å². The highest BCUT2D eigenvalue weighted by Crippen LogP contribution is 2.43. The molecule has 11 nitrogen and oxygen atoms in total. The van der Waals surface area contributed by atoms with E-state index in [1.807, 2.05) is 6.92 Å². The second-order valence-electron chi connectivity index (χ2n) is 9.24. The van der Waals surface area contributed by atoms with Gasteiger partial charge in [-0.25, -0.2) is 4.39 Å². The van der Waals surface area contributed by atoms with Crippen LogP contribution in [0.3, 0.4) is 0 Å². The maximum absolute atomic E-state index is 14.0. The van der Waals surface area contributed by atoms with Crippen LogP contribution in [0.15, 0.2) is 12.3 Å². The van der Waals surface area contributed by atoms with Crippen LogP contribution in [0, 0.1) is 11.7 Å². The molecule has 0 bridgehead atoms. The molecule has 1 amide bonds. The molecule has 3 aliphatic rings. The number of fused-ring (bicyclic) bond motifs is 2. The third-order valence-corrected chi connectivity index (χ3v) is 7.00. The Morgan fingerprint density at radius 1 is 1.29 bits per heavy atom. The fraction of sp³-hybridized carbons (Fsp3) is 0.727. The molecule has 1 aromatic rings. The van der Waals surface area contributed by atoms with E-state index in [0.29, 0.717) is 6.42 Å². The van der Waals surface area contributed by atoms with E-state index in [2.05, 4.69) is 15.6 Å². The molecule has 3 heterocycles. The molecule has 4 rings (SSSR count). The van der Waals surface area contributed by atoms with Gasteiger partial charge in [0.25, 0.3) is 0 Å². The van der Waals surface area contributed by atoms with E-state index in [0.717, 1.165) is 12.3 Å². The number of aliphatic hydroxyl groups is 3. The zero-order chi connectivity index (χ0) is 24.8. The zero-order valence-corrected chi connectivity index (χ0v) is 19.2. The number of pyridine rings is 1. The molecule has 34 heavy (non-hydrogen) atoms. The molecule has 0 aromatic carbocycles. The molecule has 6 N–H and O–H groups in total. The third-order valence-electron chi connectivity index (χ3n) is 7.00. The van der Waals surface area contributed by atoms with Crippen molar-refractivity contribution in [3.8, 4) is 5.75 Å². The van der Waals surface area contributed by atoms with Gasteiger partial charge in [-0.2, -0.15) is 0 Å². The largest absolute Gasteiger partial charge is 0.506 e. The van der Waals surface area contributed by atoms with E-state index >= 15 is 0 Å². The summed E-state index contributed by atoms with van der Waals surface area (Å²) in [5.41, 5.74) is -0.167. The highest BCUT2D eigenvalue weighted by Gasteiger charge is 2.63. The normalized spacial score (nSPS) is 41.9. The number of carbonyl (C=O) groups is 1. The van der Waals surface area contributed by atoms with Crippen molar-refractivity contribution < 1.29 is 43.8 Å². The summed E-state index contributed by atoms with van der Waals surface area (Å²) in [7, 11) is 1.63. The average molecular weight is 486 g/mol. The van der Waals surface area contributed by atoms with Crippen LogP contribution < -0.4 is 10.6 Å². The summed E-state index contributed by atoms with van der Waals surface area (Å²) in [6.45, 7) is 3.59. The fourth-order valence-electron chi connectivity index (χ4n) is 5.22. The Hall–Kier alpha value is -1.93. The summed E-state index contributed by atoms with van der Waals surface area (Å²) < 4.78 is 31.9. The molecule has 0 radical (unpaired) electrons. The van der Waals surface area contributed by atoms with E-state index in [1.165, 1.54) is 0 Å². The monoisotopic (exact) mass is 485 g/mol. The standard InChI is InChI=1S/C22H32FN3O8/c1-4-11-17(29)16(24-3)19-20(18(11)30)33-21-22(31,34-19)14(5-9(2)32-21)26-15(28)7-13-12(23)6-10(27)8-25-13/h6,8-9,11,14,16-21,24,27,29-31H,4-5,7H2,1-3H3,(H,26,28)/t9-,11-,14-,16+,17+,18+,19-,20-,21+,22+/m1/s1. The molecule has 1 aromatic heterocycles. The van der Waals surface area contributed by atoms with Gasteiger partial charge in [-0.1, -0.05) is 6.92 Å². The van der Waals surface area contributed by atoms with Gasteiger partial charge in [-0.05, 0) is 26.8 Å². The van der Waals surface area contributed by atoms with Gasteiger partial charge in [0.1, 0.15) is 23.8 Å². The van der Waals surface area contributed by atoms with Gasteiger partial charge >= 0.3 is 0 Å². The summed E-state index contributed by atoms with van der Waals surface area (Å²) >= 11 is 0. The highest BCUT2D eigenvalue weighted by molar-refractivity contribution is 5.78. The van der Waals surface area contributed by atoms with Gasteiger partial charge in [0.15, 0.2) is 0 Å². The SMILES string of the molecule is CC[C@@H]1[C@H](O)[C@H](NC)[C@H]2O[C@]3(O)[C@H](O[C@@H]2[C@H]1O)O[C@H](C)C[C@H]3NC(=O)Cc1ncc(O)cc1F. The summed E-state index contributed by atoms with van der Waals surface area (Å²) in [5, 5.41) is 48.1. The number of likely N-dealkylation sites (N-methyl/N-ethyl adjacent to an activating group) is 1. The lowest BCUT2D eigenvalue weighted by molar-refractivity contribution is -0.450. The molecule has 1 saturated carbocycles. The minimum atomic E-state index is -2.13. The Morgan fingerprint density at radius 3 is 2.68 bits per heavy atom. The molecule has 190 valence electrons. The van der Waals surface area contributed by atoms with Crippen LogP contribution in [0.5, 0.6) is 5.75 Å². The third kappa shape index (κ3) is 4.39. The number of halogens is 1. The second kappa shape index (κ2) is 9.61. The molecule has 2 saturated heterocycles. The van der Waals surface area contributed by atoms with Crippen molar-refractivity contribution in [1.82, 2.24) is 15.6 Å². The van der Waals surface area contributed by atoms with Crippen LogP contribution in [-0.4, -0.2) is 93.0 Å². The first-order valence-electron chi connectivity index (χ1n) is 11.5. The van der Waals surface area contributed by atoms with E-state index in [4.69, 9.17) is 14.2 Å². The average Bonchev–Trinajstić information content (AvgIpc) is 2.76. The van der Waals surface area contributed by atoms with Crippen LogP contribution in [0.25, 0.3) is 0 Å². The van der Waals surface area contributed by atoms with Gasteiger partial charge in [-0.3, -0.25) is 9.78 Å². The molecule has 1 aliphatic carbocycles. The first-order valence-corrected chi connectivity index (χ1v) is 11.5. The van der Waals surface area contributed by atoms with E-state index < -0.39 is 78.7 Å². The second-order valence-corrected chi connectivity index (χ2v) is 9.24.